The molecule has 0 saturated carbocycles. The summed E-state index contributed by atoms with van der Waals surface area (Å²) in [5.41, 5.74) is 3.66. The molecule has 21 heavy (non-hydrogen) atoms. The van der Waals surface area contributed by atoms with Gasteiger partial charge < -0.3 is 5.32 Å². The van der Waals surface area contributed by atoms with Gasteiger partial charge in [-0.15, -0.1) is 0 Å². The van der Waals surface area contributed by atoms with E-state index in [0.29, 0.717) is 4.47 Å². The molecule has 2 aromatic rings. The van der Waals surface area contributed by atoms with Gasteiger partial charge in [-0.25, -0.2) is 4.39 Å². The van der Waals surface area contributed by atoms with Crippen LogP contribution in [0.3, 0.4) is 0 Å². The summed E-state index contributed by atoms with van der Waals surface area (Å²) in [4.78, 5) is 0. The van der Waals surface area contributed by atoms with Crippen LogP contribution in [-0.4, -0.2) is 7.05 Å². The van der Waals surface area contributed by atoms with Crippen LogP contribution in [0.15, 0.2) is 46.9 Å². The van der Waals surface area contributed by atoms with E-state index in [4.69, 9.17) is 0 Å². The quantitative estimate of drug-likeness (QED) is 0.803. The van der Waals surface area contributed by atoms with E-state index in [1.807, 2.05) is 19.2 Å². The Balaban J connectivity index is 2.35. The van der Waals surface area contributed by atoms with Gasteiger partial charge in [-0.2, -0.15) is 0 Å². The van der Waals surface area contributed by atoms with Crippen molar-refractivity contribution in [3.8, 4) is 0 Å². The Morgan fingerprint density at radius 2 is 1.57 bits per heavy atom. The molecule has 1 N–H and O–H groups in total. The molecule has 0 bridgehead atoms. The molecule has 0 aliphatic carbocycles. The van der Waals surface area contributed by atoms with Gasteiger partial charge in [-0.1, -0.05) is 51.1 Å². The highest BCUT2D eigenvalue weighted by molar-refractivity contribution is 9.10. The fraction of sp³-hybridized carbons (Fsp3) is 0.333. The Morgan fingerprint density at radius 1 is 1.00 bits per heavy atom. The molecule has 1 atom stereocenters. The van der Waals surface area contributed by atoms with Crippen LogP contribution in [0.2, 0.25) is 0 Å². The fourth-order valence-electron chi connectivity index (χ4n) is 2.39. The van der Waals surface area contributed by atoms with Gasteiger partial charge in [0.05, 0.1) is 10.5 Å². The van der Waals surface area contributed by atoms with Crippen LogP contribution in [-0.2, 0) is 5.41 Å². The lowest BCUT2D eigenvalue weighted by Gasteiger charge is -2.22. The molecule has 2 aromatic carbocycles. The van der Waals surface area contributed by atoms with Gasteiger partial charge in [-0.05, 0) is 57.2 Å². The third-order valence-electron chi connectivity index (χ3n) is 3.68. The molecular weight excluding hydrogens is 329 g/mol. The molecule has 0 fully saturated rings. The highest BCUT2D eigenvalue weighted by Crippen LogP contribution is 2.28. The first-order chi connectivity index (χ1) is 9.82. The van der Waals surface area contributed by atoms with E-state index in [9.17, 15) is 4.39 Å². The summed E-state index contributed by atoms with van der Waals surface area (Å²) in [6.45, 7) is 6.61. The topological polar surface area (TPSA) is 12.0 Å². The first-order valence-corrected chi connectivity index (χ1v) is 7.85. The maximum atomic E-state index is 13.4. The second-order valence-corrected chi connectivity index (χ2v) is 7.12. The fourth-order valence-corrected chi connectivity index (χ4v) is 2.79. The van der Waals surface area contributed by atoms with Crippen molar-refractivity contribution in [1.82, 2.24) is 5.32 Å². The van der Waals surface area contributed by atoms with Crippen LogP contribution >= 0.6 is 15.9 Å². The minimum Gasteiger partial charge on any atom is -0.309 e. The first kappa shape index (κ1) is 16.2. The van der Waals surface area contributed by atoms with Gasteiger partial charge in [0, 0.05) is 0 Å². The molecule has 0 heterocycles. The minimum absolute atomic E-state index is 0.0518. The molecule has 0 spiro atoms. The summed E-state index contributed by atoms with van der Waals surface area (Å²) >= 11 is 3.25. The predicted octanol–water partition coefficient (Wildman–Crippen LogP) is 5.19. The molecule has 1 nitrogen and oxygen atoms in total. The highest BCUT2D eigenvalue weighted by atomic mass is 79.9. The lowest BCUT2D eigenvalue weighted by molar-refractivity contribution is 0.589. The molecule has 0 radical (unpaired) electrons. The smallest absolute Gasteiger partial charge is 0.137 e. The van der Waals surface area contributed by atoms with E-state index < -0.39 is 0 Å². The van der Waals surface area contributed by atoms with E-state index in [-0.39, 0.29) is 17.3 Å². The lowest BCUT2D eigenvalue weighted by Crippen LogP contribution is -2.18. The van der Waals surface area contributed by atoms with Crippen molar-refractivity contribution in [3.63, 3.8) is 0 Å². The van der Waals surface area contributed by atoms with E-state index in [1.165, 1.54) is 17.2 Å². The monoisotopic (exact) mass is 349 g/mol. The number of rotatable bonds is 3. The molecule has 0 aliphatic heterocycles. The molecule has 0 amide bonds. The number of hydrogen-bond acceptors (Lipinski definition) is 1. The van der Waals surface area contributed by atoms with Crippen LogP contribution in [0.5, 0.6) is 0 Å². The van der Waals surface area contributed by atoms with Crippen molar-refractivity contribution >= 4 is 15.9 Å². The number of benzene rings is 2. The third-order valence-corrected chi connectivity index (χ3v) is 4.28. The average Bonchev–Trinajstić information content (AvgIpc) is 2.43. The Hall–Kier alpha value is -1.19. The summed E-state index contributed by atoms with van der Waals surface area (Å²) in [6.07, 6.45) is 0. The SMILES string of the molecule is CNC(c1ccc(C(C)(C)C)cc1)c1ccc(F)c(Br)c1. The maximum Gasteiger partial charge on any atom is 0.137 e. The summed E-state index contributed by atoms with van der Waals surface area (Å²) < 4.78 is 13.9. The first-order valence-electron chi connectivity index (χ1n) is 7.05. The van der Waals surface area contributed by atoms with Gasteiger partial charge >= 0.3 is 0 Å². The van der Waals surface area contributed by atoms with E-state index in [1.54, 1.807) is 0 Å². The number of nitrogens with one attached hydrogen (secondary N) is 1. The van der Waals surface area contributed by atoms with Gasteiger partial charge in [-0.3, -0.25) is 0 Å². The van der Waals surface area contributed by atoms with E-state index in [2.05, 4.69) is 66.3 Å². The average molecular weight is 350 g/mol. The molecule has 3 heteroatoms. The summed E-state index contributed by atoms with van der Waals surface area (Å²) in [6, 6.07) is 13.8. The molecular formula is C18H21BrFN. The highest BCUT2D eigenvalue weighted by Gasteiger charge is 2.16. The molecule has 0 saturated heterocycles. The van der Waals surface area contributed by atoms with Crippen molar-refractivity contribution in [2.45, 2.75) is 32.2 Å². The zero-order chi connectivity index (χ0) is 15.6. The van der Waals surface area contributed by atoms with Crippen molar-refractivity contribution < 1.29 is 4.39 Å². The number of halogens is 2. The van der Waals surface area contributed by atoms with E-state index >= 15 is 0 Å². The Morgan fingerprint density at radius 3 is 2.05 bits per heavy atom. The lowest BCUT2D eigenvalue weighted by atomic mass is 9.86. The van der Waals surface area contributed by atoms with Crippen LogP contribution in [0, 0.1) is 5.82 Å². The van der Waals surface area contributed by atoms with Gasteiger partial charge in [0.25, 0.3) is 0 Å². The molecule has 1 unspecified atom stereocenters. The second kappa shape index (κ2) is 6.29. The van der Waals surface area contributed by atoms with Gasteiger partial charge in [0.1, 0.15) is 5.82 Å². The van der Waals surface area contributed by atoms with Crippen molar-refractivity contribution in [3.05, 3.63) is 69.4 Å². The third kappa shape index (κ3) is 3.72. The normalized spacial score (nSPS) is 13.2. The van der Waals surface area contributed by atoms with Gasteiger partial charge in [0.15, 0.2) is 0 Å². The van der Waals surface area contributed by atoms with Crippen molar-refractivity contribution in [1.29, 1.82) is 0 Å². The number of hydrogen-bond donors (Lipinski definition) is 1. The Kier molecular flexibility index (Phi) is 4.84. The summed E-state index contributed by atoms with van der Waals surface area (Å²) in [5, 5.41) is 3.30. The molecule has 112 valence electrons. The minimum atomic E-state index is -0.239. The van der Waals surface area contributed by atoms with Crippen LogP contribution in [0.1, 0.15) is 43.5 Å². The van der Waals surface area contributed by atoms with Crippen LogP contribution in [0.4, 0.5) is 4.39 Å². The van der Waals surface area contributed by atoms with Crippen molar-refractivity contribution in [2.75, 3.05) is 7.05 Å². The Labute approximate surface area is 134 Å². The maximum absolute atomic E-state index is 13.4. The largest absolute Gasteiger partial charge is 0.309 e. The molecule has 0 aromatic heterocycles. The molecule has 0 aliphatic rings. The summed E-state index contributed by atoms with van der Waals surface area (Å²) in [5.74, 6) is -0.239. The van der Waals surface area contributed by atoms with Crippen LogP contribution < -0.4 is 5.32 Å². The second-order valence-electron chi connectivity index (χ2n) is 6.27. The standard InChI is InChI=1S/C18H21BrFN/c1-18(2,3)14-8-5-12(6-9-14)17(21-4)13-7-10-16(20)15(19)11-13/h5-11,17,21H,1-4H3. The predicted molar refractivity (Wildman–Crippen MR) is 90.1 cm³/mol. The zero-order valence-corrected chi connectivity index (χ0v) is 14.5. The van der Waals surface area contributed by atoms with Crippen molar-refractivity contribution in [2.24, 2.45) is 0 Å². The zero-order valence-electron chi connectivity index (χ0n) is 12.9. The van der Waals surface area contributed by atoms with Gasteiger partial charge in [0.2, 0.25) is 0 Å². The van der Waals surface area contributed by atoms with Crippen LogP contribution in [0.25, 0.3) is 0 Å². The summed E-state index contributed by atoms with van der Waals surface area (Å²) in [7, 11) is 1.92. The van der Waals surface area contributed by atoms with E-state index in [0.717, 1.165) is 5.56 Å². The molecule has 2 rings (SSSR count). The Bertz CT molecular complexity index is 614.